The first-order chi connectivity index (χ1) is 12.2. The van der Waals surface area contributed by atoms with Gasteiger partial charge >= 0.3 is 0 Å². The molecule has 0 spiro atoms. The molecule has 0 saturated carbocycles. The van der Waals surface area contributed by atoms with Gasteiger partial charge < -0.3 is 14.4 Å². The molecule has 1 fully saturated rings. The first-order valence-electron chi connectivity index (χ1n) is 8.63. The molecule has 132 valence electrons. The SMILES string of the molecule is O=C(c1ccc(OCCCOc2ccc(F)cc2)cc1)N1CCCC1. The highest BCUT2D eigenvalue weighted by Gasteiger charge is 2.19. The lowest BCUT2D eigenvalue weighted by Gasteiger charge is -2.15. The predicted octanol–water partition coefficient (Wildman–Crippen LogP) is 3.91. The van der Waals surface area contributed by atoms with Crippen molar-refractivity contribution in [1.29, 1.82) is 0 Å². The van der Waals surface area contributed by atoms with Gasteiger partial charge in [-0.1, -0.05) is 0 Å². The summed E-state index contributed by atoms with van der Waals surface area (Å²) < 4.78 is 24.0. The summed E-state index contributed by atoms with van der Waals surface area (Å²) in [5.41, 5.74) is 0.703. The Morgan fingerprint density at radius 2 is 1.40 bits per heavy atom. The number of ether oxygens (including phenoxy) is 2. The lowest BCUT2D eigenvalue weighted by atomic mass is 10.2. The van der Waals surface area contributed by atoms with Crippen molar-refractivity contribution >= 4 is 5.91 Å². The molecule has 2 aromatic rings. The third-order valence-corrected chi connectivity index (χ3v) is 4.13. The van der Waals surface area contributed by atoms with E-state index < -0.39 is 0 Å². The van der Waals surface area contributed by atoms with Gasteiger partial charge in [-0.05, 0) is 61.4 Å². The Hall–Kier alpha value is -2.56. The molecule has 3 rings (SSSR count). The van der Waals surface area contributed by atoms with Crippen molar-refractivity contribution in [1.82, 2.24) is 4.90 Å². The summed E-state index contributed by atoms with van der Waals surface area (Å²) in [6, 6.07) is 13.2. The molecule has 5 heteroatoms. The van der Waals surface area contributed by atoms with Crippen LogP contribution in [0.4, 0.5) is 4.39 Å². The van der Waals surface area contributed by atoms with Crippen LogP contribution >= 0.6 is 0 Å². The number of hydrogen-bond acceptors (Lipinski definition) is 3. The van der Waals surface area contributed by atoms with Gasteiger partial charge in [0.25, 0.3) is 5.91 Å². The van der Waals surface area contributed by atoms with Crippen LogP contribution in [0.15, 0.2) is 48.5 Å². The summed E-state index contributed by atoms with van der Waals surface area (Å²) in [5, 5.41) is 0. The van der Waals surface area contributed by atoms with Crippen LogP contribution in [-0.4, -0.2) is 37.1 Å². The van der Waals surface area contributed by atoms with Crippen molar-refractivity contribution in [3.63, 3.8) is 0 Å². The van der Waals surface area contributed by atoms with E-state index in [-0.39, 0.29) is 11.7 Å². The fourth-order valence-corrected chi connectivity index (χ4v) is 2.77. The first-order valence-corrected chi connectivity index (χ1v) is 8.63. The van der Waals surface area contributed by atoms with Crippen molar-refractivity contribution in [2.24, 2.45) is 0 Å². The van der Waals surface area contributed by atoms with Gasteiger partial charge in [-0.3, -0.25) is 4.79 Å². The zero-order chi connectivity index (χ0) is 17.5. The van der Waals surface area contributed by atoms with Crippen LogP contribution in [0, 0.1) is 5.82 Å². The van der Waals surface area contributed by atoms with Crippen molar-refractivity contribution < 1.29 is 18.7 Å². The fraction of sp³-hybridized carbons (Fsp3) is 0.350. The average Bonchev–Trinajstić information content (AvgIpc) is 3.18. The number of hydrogen-bond donors (Lipinski definition) is 0. The van der Waals surface area contributed by atoms with Crippen LogP contribution in [0.5, 0.6) is 11.5 Å². The zero-order valence-electron chi connectivity index (χ0n) is 14.1. The zero-order valence-corrected chi connectivity index (χ0v) is 14.1. The standard InChI is InChI=1S/C20H22FNO3/c21-17-6-10-19(11-7-17)25-15-3-14-24-18-8-4-16(5-9-18)20(23)22-12-1-2-13-22/h4-11H,1-3,12-15H2. The summed E-state index contributed by atoms with van der Waals surface area (Å²) in [6.07, 6.45) is 2.89. The van der Waals surface area contributed by atoms with Gasteiger partial charge in [0.2, 0.25) is 0 Å². The molecule has 0 atom stereocenters. The summed E-state index contributed by atoms with van der Waals surface area (Å²) >= 11 is 0. The lowest BCUT2D eigenvalue weighted by molar-refractivity contribution is 0.0793. The van der Waals surface area contributed by atoms with E-state index in [4.69, 9.17) is 9.47 Å². The van der Waals surface area contributed by atoms with Crippen molar-refractivity contribution in [2.75, 3.05) is 26.3 Å². The smallest absolute Gasteiger partial charge is 0.253 e. The second-order valence-corrected chi connectivity index (χ2v) is 6.03. The highest BCUT2D eigenvalue weighted by molar-refractivity contribution is 5.94. The van der Waals surface area contributed by atoms with E-state index in [1.807, 2.05) is 29.2 Å². The minimum absolute atomic E-state index is 0.0942. The van der Waals surface area contributed by atoms with E-state index in [0.29, 0.717) is 30.9 Å². The highest BCUT2D eigenvalue weighted by Crippen LogP contribution is 2.17. The molecule has 1 amide bonds. The minimum Gasteiger partial charge on any atom is -0.493 e. The van der Waals surface area contributed by atoms with Crippen LogP contribution < -0.4 is 9.47 Å². The number of carbonyl (C=O) groups is 1. The maximum Gasteiger partial charge on any atom is 0.253 e. The van der Waals surface area contributed by atoms with E-state index in [2.05, 4.69) is 0 Å². The molecular formula is C20H22FNO3. The lowest BCUT2D eigenvalue weighted by Crippen LogP contribution is -2.27. The van der Waals surface area contributed by atoms with E-state index in [0.717, 1.165) is 31.7 Å². The quantitative estimate of drug-likeness (QED) is 0.716. The van der Waals surface area contributed by atoms with Crippen LogP contribution in [0.25, 0.3) is 0 Å². The average molecular weight is 343 g/mol. The molecular weight excluding hydrogens is 321 g/mol. The first kappa shape index (κ1) is 17.3. The van der Waals surface area contributed by atoms with Crippen LogP contribution in [-0.2, 0) is 0 Å². The van der Waals surface area contributed by atoms with Gasteiger partial charge in [0, 0.05) is 25.1 Å². The molecule has 0 radical (unpaired) electrons. The third kappa shape index (κ3) is 4.95. The number of halogens is 1. The Bertz CT molecular complexity index is 679. The highest BCUT2D eigenvalue weighted by atomic mass is 19.1. The van der Waals surface area contributed by atoms with Gasteiger partial charge in [-0.25, -0.2) is 4.39 Å². The van der Waals surface area contributed by atoms with E-state index in [1.54, 1.807) is 12.1 Å². The second-order valence-electron chi connectivity index (χ2n) is 6.03. The number of carbonyl (C=O) groups excluding carboxylic acids is 1. The molecule has 25 heavy (non-hydrogen) atoms. The molecule has 4 nitrogen and oxygen atoms in total. The van der Waals surface area contributed by atoms with E-state index >= 15 is 0 Å². The number of benzene rings is 2. The van der Waals surface area contributed by atoms with Gasteiger partial charge in [-0.15, -0.1) is 0 Å². The Labute approximate surface area is 147 Å². The Balaban J connectivity index is 1.38. The van der Waals surface area contributed by atoms with Crippen molar-refractivity contribution in [3.8, 4) is 11.5 Å². The number of nitrogens with zero attached hydrogens (tertiary/aromatic N) is 1. The molecule has 1 aliphatic rings. The molecule has 2 aromatic carbocycles. The van der Waals surface area contributed by atoms with Gasteiger partial charge in [0.15, 0.2) is 0 Å². The van der Waals surface area contributed by atoms with Gasteiger partial charge in [-0.2, -0.15) is 0 Å². The molecule has 0 bridgehead atoms. The Morgan fingerprint density at radius 1 is 0.880 bits per heavy atom. The molecule has 0 aromatic heterocycles. The van der Waals surface area contributed by atoms with E-state index in [1.165, 1.54) is 12.1 Å². The maximum atomic E-state index is 12.8. The largest absolute Gasteiger partial charge is 0.493 e. The second kappa shape index (κ2) is 8.51. The molecule has 1 saturated heterocycles. The molecule has 0 aliphatic carbocycles. The molecule has 0 unspecified atom stereocenters. The number of amides is 1. The summed E-state index contributed by atoms with van der Waals surface area (Å²) in [6.45, 7) is 2.72. The third-order valence-electron chi connectivity index (χ3n) is 4.13. The molecule has 1 heterocycles. The summed E-state index contributed by atoms with van der Waals surface area (Å²) in [4.78, 5) is 14.1. The topological polar surface area (TPSA) is 38.8 Å². The fourth-order valence-electron chi connectivity index (χ4n) is 2.77. The monoisotopic (exact) mass is 343 g/mol. The summed E-state index contributed by atoms with van der Waals surface area (Å²) in [5.74, 6) is 1.20. The van der Waals surface area contributed by atoms with Crippen LogP contribution in [0.2, 0.25) is 0 Å². The van der Waals surface area contributed by atoms with E-state index in [9.17, 15) is 9.18 Å². The van der Waals surface area contributed by atoms with Crippen LogP contribution in [0.3, 0.4) is 0 Å². The predicted molar refractivity (Wildman–Crippen MR) is 93.6 cm³/mol. The normalized spacial score (nSPS) is 13.7. The number of likely N-dealkylation sites (tertiary alicyclic amines) is 1. The molecule has 0 N–H and O–H groups in total. The van der Waals surface area contributed by atoms with Crippen molar-refractivity contribution in [3.05, 3.63) is 59.9 Å². The van der Waals surface area contributed by atoms with Gasteiger partial charge in [0.05, 0.1) is 13.2 Å². The Kier molecular flexibility index (Phi) is 5.88. The Morgan fingerprint density at radius 3 is 1.96 bits per heavy atom. The summed E-state index contributed by atoms with van der Waals surface area (Å²) in [7, 11) is 0. The number of rotatable bonds is 7. The van der Waals surface area contributed by atoms with Gasteiger partial charge in [0.1, 0.15) is 17.3 Å². The minimum atomic E-state index is -0.276. The maximum absolute atomic E-state index is 12.8. The van der Waals surface area contributed by atoms with Crippen molar-refractivity contribution in [2.45, 2.75) is 19.3 Å². The van der Waals surface area contributed by atoms with Crippen LogP contribution in [0.1, 0.15) is 29.6 Å². The molecule has 1 aliphatic heterocycles.